The highest BCUT2D eigenvalue weighted by Gasteiger charge is 2.36. The first-order chi connectivity index (χ1) is 10.2. The number of benzene rings is 1. The maximum atomic E-state index is 5.56. The van der Waals surface area contributed by atoms with Gasteiger partial charge in [-0.25, -0.2) is 0 Å². The zero-order chi connectivity index (χ0) is 14.7. The molecule has 3 unspecified atom stereocenters. The van der Waals surface area contributed by atoms with Gasteiger partial charge in [-0.2, -0.15) is 0 Å². The molecule has 1 aliphatic heterocycles. The summed E-state index contributed by atoms with van der Waals surface area (Å²) in [6.07, 6.45) is 5.39. The van der Waals surface area contributed by atoms with Crippen molar-refractivity contribution in [2.75, 3.05) is 26.7 Å². The molecule has 0 amide bonds. The van der Waals surface area contributed by atoms with Crippen LogP contribution in [0.3, 0.4) is 0 Å². The lowest BCUT2D eigenvalue weighted by Crippen LogP contribution is -2.48. The highest BCUT2D eigenvalue weighted by molar-refractivity contribution is 5.24. The van der Waals surface area contributed by atoms with Crippen LogP contribution in [-0.4, -0.2) is 43.8 Å². The number of ether oxygens (including phenoxy) is 1. The van der Waals surface area contributed by atoms with Crippen molar-refractivity contribution < 1.29 is 4.74 Å². The Kier molecular flexibility index (Phi) is 4.63. The predicted octanol–water partition coefficient (Wildman–Crippen LogP) is 2.76. The lowest BCUT2D eigenvalue weighted by atomic mass is 9.91. The highest BCUT2D eigenvalue weighted by Crippen LogP contribution is 2.31. The smallest absolute Gasteiger partial charge is 0.0586 e. The van der Waals surface area contributed by atoms with Crippen LogP contribution in [-0.2, 0) is 10.3 Å². The van der Waals surface area contributed by atoms with Gasteiger partial charge < -0.3 is 10.1 Å². The number of hydrogen-bond donors (Lipinski definition) is 1. The molecule has 2 fully saturated rings. The Morgan fingerprint density at radius 3 is 2.76 bits per heavy atom. The Hall–Kier alpha value is -0.900. The maximum Gasteiger partial charge on any atom is 0.0586 e. The third-order valence-corrected chi connectivity index (χ3v) is 5.27. The van der Waals surface area contributed by atoms with Crippen LogP contribution >= 0.6 is 0 Å². The molecule has 3 heteroatoms. The summed E-state index contributed by atoms with van der Waals surface area (Å²) in [6, 6.07) is 11.6. The van der Waals surface area contributed by atoms with Crippen molar-refractivity contribution in [3.8, 4) is 0 Å². The molecular formula is C18H28N2O. The first kappa shape index (κ1) is 15.0. The molecule has 3 nitrogen and oxygen atoms in total. The summed E-state index contributed by atoms with van der Waals surface area (Å²) in [6.45, 7) is 5.75. The predicted molar refractivity (Wildman–Crippen MR) is 86.4 cm³/mol. The first-order valence-corrected chi connectivity index (χ1v) is 8.29. The summed E-state index contributed by atoms with van der Waals surface area (Å²) >= 11 is 0. The number of hydrogen-bond acceptors (Lipinski definition) is 3. The minimum Gasteiger partial charge on any atom is -0.381 e. The van der Waals surface area contributed by atoms with Crippen LogP contribution in [0.1, 0.15) is 38.2 Å². The van der Waals surface area contributed by atoms with E-state index in [4.69, 9.17) is 4.74 Å². The van der Waals surface area contributed by atoms with E-state index in [2.05, 4.69) is 47.5 Å². The van der Waals surface area contributed by atoms with Gasteiger partial charge in [-0.1, -0.05) is 30.3 Å². The molecule has 0 bridgehead atoms. The second kappa shape index (κ2) is 6.47. The van der Waals surface area contributed by atoms with Gasteiger partial charge in [0.15, 0.2) is 0 Å². The van der Waals surface area contributed by atoms with Crippen LogP contribution in [0.5, 0.6) is 0 Å². The molecule has 0 spiro atoms. The van der Waals surface area contributed by atoms with Crippen LogP contribution in [0.25, 0.3) is 0 Å². The highest BCUT2D eigenvalue weighted by atomic mass is 16.5. The van der Waals surface area contributed by atoms with Crippen LogP contribution in [0.15, 0.2) is 30.3 Å². The van der Waals surface area contributed by atoms with Crippen molar-refractivity contribution in [2.45, 2.75) is 50.3 Å². The molecule has 3 rings (SSSR count). The van der Waals surface area contributed by atoms with E-state index in [1.807, 2.05) is 7.11 Å². The standard InChI is InChI=1S/C18H28N2O/c1-18(15-7-4-3-5-8-15)14-20(12-6-11-19-18)16-9-10-17(13-16)21-2/h3-5,7-8,16-17,19H,6,9-14H2,1-2H3. The third-order valence-electron chi connectivity index (χ3n) is 5.27. The van der Waals surface area contributed by atoms with E-state index in [9.17, 15) is 0 Å². The van der Waals surface area contributed by atoms with Crippen LogP contribution in [0.2, 0.25) is 0 Å². The zero-order valence-electron chi connectivity index (χ0n) is 13.3. The van der Waals surface area contributed by atoms with E-state index in [0.29, 0.717) is 12.1 Å². The Balaban J connectivity index is 1.75. The van der Waals surface area contributed by atoms with Gasteiger partial charge in [0.05, 0.1) is 11.6 Å². The molecule has 2 aliphatic rings. The average Bonchev–Trinajstić information content (AvgIpc) is 2.91. The summed E-state index contributed by atoms with van der Waals surface area (Å²) in [5, 5.41) is 3.78. The molecule has 21 heavy (non-hydrogen) atoms. The van der Waals surface area contributed by atoms with E-state index >= 15 is 0 Å². The molecular weight excluding hydrogens is 260 g/mol. The van der Waals surface area contributed by atoms with Gasteiger partial charge in [0.25, 0.3) is 0 Å². The second-order valence-corrected chi connectivity index (χ2v) is 6.77. The zero-order valence-corrected chi connectivity index (χ0v) is 13.3. The van der Waals surface area contributed by atoms with E-state index in [1.165, 1.54) is 37.8 Å². The number of nitrogens with zero attached hydrogens (tertiary/aromatic N) is 1. The normalized spacial score (nSPS) is 34.8. The number of methoxy groups -OCH3 is 1. The molecule has 1 aromatic rings. The van der Waals surface area contributed by atoms with Gasteiger partial charge in [-0.05, 0) is 51.3 Å². The SMILES string of the molecule is COC1CCC(N2CCCNC(C)(c3ccccc3)C2)C1. The van der Waals surface area contributed by atoms with Crippen molar-refractivity contribution >= 4 is 0 Å². The lowest BCUT2D eigenvalue weighted by Gasteiger charge is -2.37. The van der Waals surface area contributed by atoms with Crippen LogP contribution in [0, 0.1) is 0 Å². The number of nitrogens with one attached hydrogen (secondary N) is 1. The minimum absolute atomic E-state index is 0.0585. The topological polar surface area (TPSA) is 24.5 Å². The summed E-state index contributed by atoms with van der Waals surface area (Å²) in [5.41, 5.74) is 1.46. The Labute approximate surface area is 128 Å². The molecule has 1 aliphatic carbocycles. The van der Waals surface area contributed by atoms with E-state index < -0.39 is 0 Å². The maximum absolute atomic E-state index is 5.56. The van der Waals surface area contributed by atoms with Crippen molar-refractivity contribution in [3.63, 3.8) is 0 Å². The van der Waals surface area contributed by atoms with Crippen molar-refractivity contribution in [3.05, 3.63) is 35.9 Å². The van der Waals surface area contributed by atoms with Gasteiger partial charge in [0.1, 0.15) is 0 Å². The molecule has 1 heterocycles. The van der Waals surface area contributed by atoms with E-state index in [-0.39, 0.29) is 5.54 Å². The summed E-state index contributed by atoms with van der Waals surface area (Å²) in [4.78, 5) is 2.70. The van der Waals surface area contributed by atoms with Crippen LogP contribution in [0.4, 0.5) is 0 Å². The molecule has 116 valence electrons. The van der Waals surface area contributed by atoms with Crippen molar-refractivity contribution in [1.29, 1.82) is 0 Å². The fourth-order valence-electron chi connectivity index (χ4n) is 3.96. The first-order valence-electron chi connectivity index (χ1n) is 8.29. The summed E-state index contributed by atoms with van der Waals surface area (Å²) in [5.74, 6) is 0. The largest absolute Gasteiger partial charge is 0.381 e. The van der Waals surface area contributed by atoms with Crippen molar-refractivity contribution in [2.24, 2.45) is 0 Å². The third kappa shape index (κ3) is 3.31. The molecule has 0 aromatic heterocycles. The van der Waals surface area contributed by atoms with E-state index in [1.54, 1.807) is 0 Å². The summed E-state index contributed by atoms with van der Waals surface area (Å²) in [7, 11) is 1.85. The van der Waals surface area contributed by atoms with Gasteiger partial charge in [-0.3, -0.25) is 4.90 Å². The lowest BCUT2D eigenvalue weighted by molar-refractivity contribution is 0.0928. The van der Waals surface area contributed by atoms with Crippen molar-refractivity contribution in [1.82, 2.24) is 10.2 Å². The molecule has 1 aromatic carbocycles. The molecule has 1 saturated heterocycles. The van der Waals surface area contributed by atoms with Gasteiger partial charge in [-0.15, -0.1) is 0 Å². The minimum atomic E-state index is 0.0585. The summed E-state index contributed by atoms with van der Waals surface area (Å²) < 4.78 is 5.56. The van der Waals surface area contributed by atoms with Crippen LogP contribution < -0.4 is 5.32 Å². The monoisotopic (exact) mass is 288 g/mol. The number of rotatable bonds is 3. The fourth-order valence-corrected chi connectivity index (χ4v) is 3.96. The van der Waals surface area contributed by atoms with Gasteiger partial charge in [0, 0.05) is 19.7 Å². The average molecular weight is 288 g/mol. The Morgan fingerprint density at radius 1 is 1.24 bits per heavy atom. The fraction of sp³-hybridized carbons (Fsp3) is 0.667. The van der Waals surface area contributed by atoms with Gasteiger partial charge >= 0.3 is 0 Å². The quantitative estimate of drug-likeness (QED) is 0.925. The Bertz CT molecular complexity index is 450. The molecule has 0 radical (unpaired) electrons. The van der Waals surface area contributed by atoms with E-state index in [0.717, 1.165) is 13.1 Å². The molecule has 1 N–H and O–H groups in total. The molecule has 3 atom stereocenters. The van der Waals surface area contributed by atoms with Gasteiger partial charge in [0.2, 0.25) is 0 Å². The second-order valence-electron chi connectivity index (χ2n) is 6.77. The molecule has 1 saturated carbocycles. The Morgan fingerprint density at radius 2 is 2.05 bits per heavy atom.